The maximum absolute atomic E-state index is 13.9. The van der Waals surface area contributed by atoms with Gasteiger partial charge in [-0.15, -0.1) is 0 Å². The molecule has 0 aliphatic heterocycles. The molecule has 0 radical (unpaired) electrons. The van der Waals surface area contributed by atoms with Crippen molar-refractivity contribution in [3.63, 3.8) is 0 Å². The summed E-state index contributed by atoms with van der Waals surface area (Å²) in [6.07, 6.45) is 5.68. The highest BCUT2D eigenvalue weighted by Gasteiger charge is 2.39. The Kier molecular flexibility index (Phi) is 7.23. The molecule has 0 saturated heterocycles. The molecule has 5 rings (SSSR count). The van der Waals surface area contributed by atoms with E-state index in [1.165, 1.54) is 29.5 Å². The van der Waals surface area contributed by atoms with Gasteiger partial charge < -0.3 is 19.9 Å². The Morgan fingerprint density at radius 1 is 0.921 bits per heavy atom. The first-order valence-electron chi connectivity index (χ1n) is 13.3. The number of nitrogens with zero attached hydrogens (tertiary/aromatic N) is 1. The lowest BCUT2D eigenvalue weighted by Gasteiger charge is -2.36. The van der Waals surface area contributed by atoms with Crippen molar-refractivity contribution in [1.82, 2.24) is 4.98 Å². The van der Waals surface area contributed by atoms with Gasteiger partial charge in [-0.05, 0) is 66.3 Å². The van der Waals surface area contributed by atoms with E-state index in [4.69, 9.17) is 4.74 Å². The number of aromatic amines is 1. The van der Waals surface area contributed by atoms with Crippen LogP contribution in [0.2, 0.25) is 0 Å². The van der Waals surface area contributed by atoms with E-state index in [0.29, 0.717) is 17.8 Å². The van der Waals surface area contributed by atoms with Crippen LogP contribution in [0.1, 0.15) is 48.2 Å². The molecule has 0 atom stereocenters. The molecule has 1 aliphatic carbocycles. The number of fused-ring (bicyclic) bond motifs is 1. The molecule has 0 bridgehead atoms. The summed E-state index contributed by atoms with van der Waals surface area (Å²) in [5.41, 5.74) is 6.09. The molecule has 0 unspecified atom stereocenters. The predicted octanol–water partition coefficient (Wildman–Crippen LogP) is 6.82. The Hall–Kier alpha value is -4.06. The Bertz CT molecular complexity index is 1430. The molecule has 1 heterocycles. The number of amides is 1. The highest BCUT2D eigenvalue weighted by molar-refractivity contribution is 6.06. The van der Waals surface area contributed by atoms with E-state index in [-0.39, 0.29) is 5.91 Å². The summed E-state index contributed by atoms with van der Waals surface area (Å²) in [5.74, 6) is -0.381. The fourth-order valence-electron chi connectivity index (χ4n) is 5.61. The zero-order chi connectivity index (χ0) is 26.7. The van der Waals surface area contributed by atoms with Crippen molar-refractivity contribution in [3.8, 4) is 11.1 Å². The average Bonchev–Trinajstić information content (AvgIpc) is 3.39. The van der Waals surface area contributed by atoms with Crippen LogP contribution in [0.4, 0.5) is 11.4 Å². The quantitative estimate of drug-likeness (QED) is 0.268. The number of rotatable bonds is 7. The second kappa shape index (κ2) is 10.7. The minimum atomic E-state index is -0.462. The van der Waals surface area contributed by atoms with Gasteiger partial charge in [-0.25, -0.2) is 4.79 Å². The van der Waals surface area contributed by atoms with Crippen LogP contribution in [0.15, 0.2) is 72.8 Å². The second-order valence-electron chi connectivity index (χ2n) is 10.6. The number of ether oxygens (including phenoxy) is 1. The first kappa shape index (κ1) is 25.6. The number of anilines is 2. The van der Waals surface area contributed by atoms with Gasteiger partial charge in [0.25, 0.3) is 0 Å². The average molecular weight is 510 g/mol. The summed E-state index contributed by atoms with van der Waals surface area (Å²) in [6, 6.07) is 24.6. The van der Waals surface area contributed by atoms with Crippen LogP contribution < -0.4 is 10.2 Å². The normalized spacial score (nSPS) is 14.7. The van der Waals surface area contributed by atoms with Crippen LogP contribution in [-0.2, 0) is 16.0 Å². The third kappa shape index (κ3) is 5.17. The van der Waals surface area contributed by atoms with Crippen LogP contribution in [0.3, 0.4) is 0 Å². The lowest BCUT2D eigenvalue weighted by molar-refractivity contribution is -0.127. The second-order valence-corrected chi connectivity index (χ2v) is 10.6. The van der Waals surface area contributed by atoms with Crippen LogP contribution in [0, 0.1) is 5.41 Å². The molecule has 196 valence electrons. The molecule has 0 spiro atoms. The Labute approximate surface area is 224 Å². The SMILES string of the molecule is COC(=O)c1cc2c(NC(=O)C3(Cc4ccc(-c5ccc(N(C)C)cc5)cc4)CCCCC3)cccc2[nH]1. The summed E-state index contributed by atoms with van der Waals surface area (Å²) in [7, 11) is 5.44. The van der Waals surface area contributed by atoms with Crippen molar-refractivity contribution < 1.29 is 14.3 Å². The van der Waals surface area contributed by atoms with Gasteiger partial charge >= 0.3 is 5.97 Å². The molecular formula is C32H35N3O3. The summed E-state index contributed by atoms with van der Waals surface area (Å²) in [4.78, 5) is 31.1. The molecule has 6 heteroatoms. The number of aromatic nitrogens is 1. The van der Waals surface area contributed by atoms with Crippen LogP contribution in [0.5, 0.6) is 0 Å². The van der Waals surface area contributed by atoms with Crippen molar-refractivity contribution in [1.29, 1.82) is 0 Å². The van der Waals surface area contributed by atoms with Gasteiger partial charge in [0.05, 0.1) is 18.2 Å². The summed E-state index contributed by atoms with van der Waals surface area (Å²) >= 11 is 0. The lowest BCUT2D eigenvalue weighted by Crippen LogP contribution is -2.40. The fraction of sp³-hybridized carbons (Fsp3) is 0.312. The molecule has 2 N–H and O–H groups in total. The minimum absolute atomic E-state index is 0.0499. The number of nitrogens with one attached hydrogen (secondary N) is 2. The van der Waals surface area contributed by atoms with Crippen LogP contribution in [-0.4, -0.2) is 38.1 Å². The molecular weight excluding hydrogens is 474 g/mol. The molecule has 6 nitrogen and oxygen atoms in total. The van der Waals surface area contributed by atoms with Gasteiger partial charge in [0, 0.05) is 30.7 Å². The largest absolute Gasteiger partial charge is 0.464 e. The third-order valence-corrected chi connectivity index (χ3v) is 7.82. The van der Waals surface area contributed by atoms with E-state index in [2.05, 4.69) is 63.7 Å². The lowest BCUT2D eigenvalue weighted by atomic mass is 9.69. The number of methoxy groups -OCH3 is 1. The predicted molar refractivity (Wildman–Crippen MR) is 154 cm³/mol. The summed E-state index contributed by atoms with van der Waals surface area (Å²) in [6.45, 7) is 0. The number of esters is 1. The molecule has 1 amide bonds. The summed E-state index contributed by atoms with van der Waals surface area (Å²) in [5, 5.41) is 4.03. The van der Waals surface area contributed by atoms with Gasteiger partial charge in [-0.1, -0.05) is 61.7 Å². The Balaban J connectivity index is 1.37. The highest BCUT2D eigenvalue weighted by atomic mass is 16.5. The first-order chi connectivity index (χ1) is 18.4. The van der Waals surface area contributed by atoms with Gasteiger partial charge in [0.1, 0.15) is 5.69 Å². The monoisotopic (exact) mass is 509 g/mol. The van der Waals surface area contributed by atoms with Crippen LogP contribution >= 0.6 is 0 Å². The Morgan fingerprint density at radius 2 is 1.58 bits per heavy atom. The minimum Gasteiger partial charge on any atom is -0.464 e. The van der Waals surface area contributed by atoms with Crippen molar-refractivity contribution in [3.05, 3.63) is 84.1 Å². The van der Waals surface area contributed by atoms with E-state index in [1.54, 1.807) is 6.07 Å². The van der Waals surface area contributed by atoms with E-state index >= 15 is 0 Å². The maximum Gasteiger partial charge on any atom is 0.354 e. The molecule has 3 aromatic carbocycles. The van der Waals surface area contributed by atoms with Gasteiger partial charge in [0.2, 0.25) is 5.91 Å². The number of carbonyl (C=O) groups is 2. The zero-order valence-electron chi connectivity index (χ0n) is 22.3. The van der Waals surface area contributed by atoms with E-state index in [9.17, 15) is 9.59 Å². The van der Waals surface area contributed by atoms with Crippen LogP contribution in [0.25, 0.3) is 22.0 Å². The number of hydrogen-bond acceptors (Lipinski definition) is 4. The number of H-pyrrole nitrogens is 1. The number of benzene rings is 3. The first-order valence-corrected chi connectivity index (χ1v) is 13.3. The zero-order valence-corrected chi connectivity index (χ0v) is 22.3. The standard InChI is InChI=1S/C32H35N3O3/c1-35(2)25-16-14-24(15-17-25)23-12-10-22(11-13-23)21-32(18-5-4-6-19-32)31(37)34-28-9-7-8-27-26(28)20-29(33-27)30(36)38-3/h7-17,20,33H,4-6,18-19,21H2,1-3H3,(H,34,37). The molecule has 1 fully saturated rings. The smallest absolute Gasteiger partial charge is 0.354 e. The van der Waals surface area contributed by atoms with Crippen molar-refractivity contribution in [2.45, 2.75) is 38.5 Å². The molecule has 1 aliphatic rings. The van der Waals surface area contributed by atoms with Gasteiger partial charge in [0.15, 0.2) is 0 Å². The topological polar surface area (TPSA) is 74.4 Å². The fourth-order valence-corrected chi connectivity index (χ4v) is 5.61. The van der Waals surface area contributed by atoms with E-state index in [1.807, 2.05) is 32.3 Å². The van der Waals surface area contributed by atoms with Crippen molar-refractivity contribution in [2.24, 2.45) is 5.41 Å². The summed E-state index contributed by atoms with van der Waals surface area (Å²) < 4.78 is 4.86. The van der Waals surface area contributed by atoms with E-state index < -0.39 is 11.4 Å². The van der Waals surface area contributed by atoms with Gasteiger partial charge in [-0.3, -0.25) is 4.79 Å². The highest BCUT2D eigenvalue weighted by Crippen LogP contribution is 2.41. The molecule has 1 saturated carbocycles. The van der Waals surface area contributed by atoms with E-state index in [0.717, 1.165) is 43.0 Å². The molecule has 4 aromatic rings. The molecule has 38 heavy (non-hydrogen) atoms. The molecule has 1 aromatic heterocycles. The van der Waals surface area contributed by atoms with Crippen molar-refractivity contribution >= 4 is 34.2 Å². The maximum atomic E-state index is 13.9. The third-order valence-electron chi connectivity index (χ3n) is 7.82. The number of hydrogen-bond donors (Lipinski definition) is 2. The Morgan fingerprint density at radius 3 is 2.21 bits per heavy atom. The van der Waals surface area contributed by atoms with Crippen molar-refractivity contribution in [2.75, 3.05) is 31.4 Å². The van der Waals surface area contributed by atoms with Gasteiger partial charge in [-0.2, -0.15) is 0 Å². The number of carbonyl (C=O) groups excluding carboxylic acids is 2.